The topological polar surface area (TPSA) is 34.1 Å². The van der Waals surface area contributed by atoms with Crippen molar-refractivity contribution in [2.24, 2.45) is 11.8 Å². The highest BCUT2D eigenvalue weighted by atomic mass is 127. The molecule has 0 aromatic heterocycles. The maximum Gasteiger partial charge on any atom is 0.145 e. The van der Waals surface area contributed by atoms with Gasteiger partial charge in [0.25, 0.3) is 0 Å². The zero-order chi connectivity index (χ0) is 10.9. The van der Waals surface area contributed by atoms with Gasteiger partial charge in [-0.05, 0) is 12.8 Å². The molecule has 0 aliphatic heterocycles. The highest BCUT2D eigenvalue weighted by Crippen LogP contribution is 2.43. The maximum absolute atomic E-state index is 11.7. The summed E-state index contributed by atoms with van der Waals surface area (Å²) in [6.07, 6.45) is 2.24. The lowest BCUT2D eigenvalue weighted by molar-refractivity contribution is -0.136. The zero-order valence-electron chi connectivity index (χ0n) is 8.35. The normalized spacial score (nSPS) is 26.6. The van der Waals surface area contributed by atoms with Crippen molar-refractivity contribution in [1.29, 1.82) is 0 Å². The minimum Gasteiger partial charge on any atom is -0.299 e. The molecule has 0 aromatic carbocycles. The molecule has 0 saturated heterocycles. The van der Waals surface area contributed by atoms with Gasteiger partial charge in [0.15, 0.2) is 0 Å². The first-order valence-corrected chi connectivity index (χ1v) is 6.93. The van der Waals surface area contributed by atoms with Crippen molar-refractivity contribution in [3.8, 4) is 0 Å². The van der Waals surface area contributed by atoms with Crippen LogP contribution in [0.3, 0.4) is 0 Å². The Hall–Kier alpha value is 0.800. The van der Waals surface area contributed by atoms with Gasteiger partial charge in [-0.25, -0.2) is 0 Å². The molecule has 4 heteroatoms. The fraction of sp³-hybridized carbons (Fsp3) is 0.800. The third-order valence-electron chi connectivity index (χ3n) is 2.53. The second-order valence-corrected chi connectivity index (χ2v) is 10.3. The van der Waals surface area contributed by atoms with Gasteiger partial charge < -0.3 is 0 Å². The molecule has 0 radical (unpaired) electrons. The molecule has 1 atom stereocenters. The Morgan fingerprint density at radius 3 is 2.50 bits per heavy atom. The molecular formula is C10H14I2O2. The molecule has 0 amide bonds. The Labute approximate surface area is 112 Å². The summed E-state index contributed by atoms with van der Waals surface area (Å²) >= 11 is 4.62. The monoisotopic (exact) mass is 420 g/mol. The van der Waals surface area contributed by atoms with Crippen LogP contribution in [-0.2, 0) is 9.59 Å². The summed E-state index contributed by atoms with van der Waals surface area (Å²) in [6.45, 7) is 3.73. The Morgan fingerprint density at radius 1 is 1.50 bits per heavy atom. The number of carbonyl (C=O) groups is 2. The molecule has 14 heavy (non-hydrogen) atoms. The Balaban J connectivity index is 2.68. The van der Waals surface area contributed by atoms with Gasteiger partial charge in [-0.1, -0.05) is 59.0 Å². The van der Waals surface area contributed by atoms with Gasteiger partial charge in [-0.15, -0.1) is 0 Å². The van der Waals surface area contributed by atoms with Crippen molar-refractivity contribution in [3.05, 3.63) is 0 Å². The Bertz CT molecular complexity index is 259. The van der Waals surface area contributed by atoms with Crippen LogP contribution < -0.4 is 0 Å². The molecule has 2 nitrogen and oxygen atoms in total. The van der Waals surface area contributed by atoms with E-state index in [4.69, 9.17) is 0 Å². The van der Waals surface area contributed by atoms with Crippen LogP contribution in [0.25, 0.3) is 0 Å². The van der Waals surface area contributed by atoms with Crippen molar-refractivity contribution in [3.63, 3.8) is 0 Å². The number of Topliss-reactive ketones (excluding diaryl/α,β-unsaturated/α-hetero) is 2. The molecule has 1 rings (SSSR count). The molecule has 0 N–H and O–H groups in total. The molecule has 1 saturated carbocycles. The number of carbonyl (C=O) groups excluding carboxylic acids is 2. The van der Waals surface area contributed by atoms with Crippen molar-refractivity contribution in [1.82, 2.24) is 0 Å². The minimum atomic E-state index is -0.312. The molecule has 1 unspecified atom stereocenters. The number of halogens is 2. The predicted octanol–water partition coefficient (Wildman–Crippen LogP) is 3.15. The van der Waals surface area contributed by atoms with Crippen LogP contribution in [0, 0.1) is 11.8 Å². The summed E-state index contributed by atoms with van der Waals surface area (Å²) in [6, 6.07) is 0. The van der Waals surface area contributed by atoms with E-state index in [9.17, 15) is 9.59 Å². The van der Waals surface area contributed by atoms with E-state index in [1.165, 1.54) is 0 Å². The molecular weight excluding hydrogens is 406 g/mol. The minimum absolute atomic E-state index is 0.0140. The summed E-state index contributed by atoms with van der Waals surface area (Å²) in [7, 11) is 0. The summed E-state index contributed by atoms with van der Waals surface area (Å²) in [5.41, 5.74) is 0. The van der Waals surface area contributed by atoms with Gasteiger partial charge in [0.05, 0.1) is 7.35 Å². The second-order valence-electron chi connectivity index (χ2n) is 4.15. The summed E-state index contributed by atoms with van der Waals surface area (Å²) < 4.78 is 0.0420. The van der Waals surface area contributed by atoms with Crippen LogP contribution >= 0.6 is 45.2 Å². The van der Waals surface area contributed by atoms with Crippen molar-refractivity contribution >= 4 is 56.7 Å². The number of rotatable bonds is 2. The van der Waals surface area contributed by atoms with E-state index in [1.54, 1.807) is 0 Å². The predicted molar refractivity (Wildman–Crippen MR) is 73.0 cm³/mol. The Kier molecular flexibility index (Phi) is 4.37. The van der Waals surface area contributed by atoms with E-state index in [2.05, 4.69) is 45.2 Å². The van der Waals surface area contributed by atoms with Crippen molar-refractivity contribution in [2.45, 2.75) is 34.5 Å². The van der Waals surface area contributed by atoms with Gasteiger partial charge >= 0.3 is 0 Å². The number of ketones is 2. The molecule has 1 fully saturated rings. The van der Waals surface area contributed by atoms with E-state index in [0.717, 1.165) is 12.8 Å². The standard InChI is InChI=1S/C10H14I2O2/c1-6(2)9(14)7-3-4-10(11,12)5-8(7)13/h6-7H,3-5H2,1-2H3. The van der Waals surface area contributed by atoms with Crippen molar-refractivity contribution in [2.75, 3.05) is 0 Å². The van der Waals surface area contributed by atoms with E-state index in [1.807, 2.05) is 13.8 Å². The maximum atomic E-state index is 11.7. The first-order chi connectivity index (χ1) is 6.33. The average molecular weight is 420 g/mol. The van der Waals surface area contributed by atoms with E-state index >= 15 is 0 Å². The first kappa shape index (κ1) is 12.9. The van der Waals surface area contributed by atoms with E-state index in [0.29, 0.717) is 6.42 Å². The summed E-state index contributed by atoms with van der Waals surface area (Å²) in [5, 5.41) is 0. The number of hydrogen-bond acceptors (Lipinski definition) is 2. The SMILES string of the molecule is CC(C)C(=O)C1CCC(I)(I)CC1=O. The fourth-order valence-electron chi connectivity index (χ4n) is 1.69. The average Bonchev–Trinajstić information content (AvgIpc) is 2.01. The van der Waals surface area contributed by atoms with Crippen LogP contribution in [0.4, 0.5) is 0 Å². The van der Waals surface area contributed by atoms with Gasteiger partial charge in [-0.2, -0.15) is 0 Å². The lowest BCUT2D eigenvalue weighted by Gasteiger charge is -2.30. The highest BCUT2D eigenvalue weighted by molar-refractivity contribution is 14.2. The lowest BCUT2D eigenvalue weighted by atomic mass is 9.81. The van der Waals surface area contributed by atoms with Crippen LogP contribution in [0.15, 0.2) is 0 Å². The third kappa shape index (κ3) is 3.15. The molecule has 1 aliphatic carbocycles. The zero-order valence-corrected chi connectivity index (χ0v) is 12.7. The van der Waals surface area contributed by atoms with E-state index in [-0.39, 0.29) is 24.8 Å². The van der Waals surface area contributed by atoms with Crippen LogP contribution in [-0.4, -0.2) is 13.0 Å². The van der Waals surface area contributed by atoms with Gasteiger partial charge in [-0.3, -0.25) is 9.59 Å². The van der Waals surface area contributed by atoms with Gasteiger partial charge in [0.1, 0.15) is 11.6 Å². The van der Waals surface area contributed by atoms with Crippen LogP contribution in [0.2, 0.25) is 0 Å². The summed E-state index contributed by atoms with van der Waals surface area (Å²) in [5.74, 6) is -0.0652. The van der Waals surface area contributed by atoms with Crippen molar-refractivity contribution < 1.29 is 9.59 Å². The van der Waals surface area contributed by atoms with Crippen LogP contribution in [0.5, 0.6) is 0 Å². The molecule has 0 spiro atoms. The fourth-order valence-corrected chi connectivity index (χ4v) is 3.06. The quantitative estimate of drug-likeness (QED) is 0.391. The lowest BCUT2D eigenvalue weighted by Crippen LogP contribution is -2.36. The number of alkyl halides is 2. The smallest absolute Gasteiger partial charge is 0.145 e. The van der Waals surface area contributed by atoms with Gasteiger partial charge in [0, 0.05) is 12.3 Å². The molecule has 0 aromatic rings. The first-order valence-electron chi connectivity index (χ1n) is 4.78. The van der Waals surface area contributed by atoms with Gasteiger partial charge in [0.2, 0.25) is 0 Å². The van der Waals surface area contributed by atoms with Crippen LogP contribution in [0.1, 0.15) is 33.1 Å². The molecule has 80 valence electrons. The number of hydrogen-bond donors (Lipinski definition) is 0. The third-order valence-corrected chi connectivity index (χ3v) is 4.37. The molecule has 0 heterocycles. The largest absolute Gasteiger partial charge is 0.299 e. The second kappa shape index (κ2) is 4.76. The Morgan fingerprint density at radius 2 is 2.07 bits per heavy atom. The summed E-state index contributed by atoms with van der Waals surface area (Å²) in [4.78, 5) is 23.4. The molecule has 1 aliphatic rings. The molecule has 0 bridgehead atoms. The highest BCUT2D eigenvalue weighted by Gasteiger charge is 2.39. The van der Waals surface area contributed by atoms with E-state index < -0.39 is 0 Å².